The highest BCUT2D eigenvalue weighted by Crippen LogP contribution is 2.44. The second-order valence-electron chi connectivity index (χ2n) is 4.87. The van der Waals surface area contributed by atoms with Crippen molar-refractivity contribution in [3.8, 4) is 0 Å². The topological polar surface area (TPSA) is 32.3 Å². The van der Waals surface area contributed by atoms with Gasteiger partial charge in [0.2, 0.25) is 5.91 Å². The average molecular weight is 272 g/mol. The van der Waals surface area contributed by atoms with Gasteiger partial charge in [-0.05, 0) is 32.9 Å². The van der Waals surface area contributed by atoms with Crippen LogP contribution in [0.25, 0.3) is 0 Å². The molecular weight excluding hydrogens is 257 g/mol. The number of alkyl halides is 3. The molecular formula is C13H15F3N2O. The fourth-order valence-electron chi connectivity index (χ4n) is 2.41. The Kier molecular flexibility index (Phi) is 3.20. The molecule has 0 spiro atoms. The summed E-state index contributed by atoms with van der Waals surface area (Å²) in [6.07, 6.45) is -4.44. The number of halogens is 3. The van der Waals surface area contributed by atoms with E-state index in [1.54, 1.807) is 20.8 Å². The number of nitrogens with one attached hydrogen (secondary N) is 1. The number of anilines is 2. The Labute approximate surface area is 109 Å². The van der Waals surface area contributed by atoms with Crippen LogP contribution in [-0.4, -0.2) is 18.0 Å². The molecule has 0 radical (unpaired) electrons. The molecule has 104 valence electrons. The summed E-state index contributed by atoms with van der Waals surface area (Å²) in [7, 11) is 0. The zero-order valence-corrected chi connectivity index (χ0v) is 10.9. The van der Waals surface area contributed by atoms with Crippen LogP contribution in [0, 0.1) is 0 Å². The van der Waals surface area contributed by atoms with Crippen LogP contribution in [0.4, 0.5) is 24.5 Å². The third kappa shape index (κ3) is 2.27. The van der Waals surface area contributed by atoms with E-state index < -0.39 is 17.8 Å². The van der Waals surface area contributed by atoms with Crippen molar-refractivity contribution in [1.82, 2.24) is 0 Å². The predicted octanol–water partition coefficient (Wildman–Crippen LogP) is 3.26. The van der Waals surface area contributed by atoms with Gasteiger partial charge in [-0.1, -0.05) is 6.07 Å². The van der Waals surface area contributed by atoms with Gasteiger partial charge in [-0.15, -0.1) is 0 Å². The van der Waals surface area contributed by atoms with Gasteiger partial charge in [0, 0.05) is 6.04 Å². The molecule has 1 amide bonds. The van der Waals surface area contributed by atoms with Crippen LogP contribution >= 0.6 is 0 Å². The Hall–Kier alpha value is -1.72. The minimum atomic E-state index is -4.44. The van der Waals surface area contributed by atoms with E-state index in [-0.39, 0.29) is 23.3 Å². The van der Waals surface area contributed by atoms with Crippen LogP contribution in [0.15, 0.2) is 18.2 Å². The molecule has 1 atom stereocenters. The number of amides is 1. The van der Waals surface area contributed by atoms with E-state index in [0.717, 1.165) is 6.07 Å². The minimum absolute atomic E-state index is 0.0529. The van der Waals surface area contributed by atoms with Crippen LogP contribution < -0.4 is 10.2 Å². The molecule has 0 saturated heterocycles. The average Bonchev–Trinajstić information content (AvgIpc) is 2.28. The van der Waals surface area contributed by atoms with Crippen LogP contribution in [0.5, 0.6) is 0 Å². The first-order chi connectivity index (χ1) is 8.73. The van der Waals surface area contributed by atoms with E-state index in [9.17, 15) is 18.0 Å². The van der Waals surface area contributed by atoms with Crippen molar-refractivity contribution in [2.75, 3.05) is 10.2 Å². The molecule has 0 aromatic heterocycles. The summed E-state index contributed by atoms with van der Waals surface area (Å²) in [6, 6.07) is 3.00. The summed E-state index contributed by atoms with van der Waals surface area (Å²) in [5.41, 5.74) is -0.450. The third-order valence-corrected chi connectivity index (χ3v) is 3.21. The number of nitrogens with zero attached hydrogens (tertiary/aromatic N) is 1. The second-order valence-corrected chi connectivity index (χ2v) is 4.87. The Morgan fingerprint density at radius 2 is 1.95 bits per heavy atom. The van der Waals surface area contributed by atoms with Gasteiger partial charge < -0.3 is 10.2 Å². The van der Waals surface area contributed by atoms with Gasteiger partial charge in [-0.3, -0.25) is 4.79 Å². The molecule has 1 aromatic rings. The Morgan fingerprint density at radius 3 is 2.47 bits per heavy atom. The largest absolute Gasteiger partial charge is 0.418 e. The highest BCUT2D eigenvalue weighted by Gasteiger charge is 2.41. The van der Waals surface area contributed by atoms with Crippen molar-refractivity contribution in [2.45, 2.75) is 39.0 Å². The highest BCUT2D eigenvalue weighted by atomic mass is 19.4. The van der Waals surface area contributed by atoms with Crippen LogP contribution in [0.1, 0.15) is 26.3 Å². The van der Waals surface area contributed by atoms with Crippen molar-refractivity contribution in [1.29, 1.82) is 0 Å². The molecule has 2 rings (SSSR count). The van der Waals surface area contributed by atoms with E-state index in [1.165, 1.54) is 17.0 Å². The molecule has 1 unspecified atom stereocenters. The monoisotopic (exact) mass is 272 g/mol. The standard InChI is InChI=1S/C13H15F3N2O/c1-7(2)18-8(3)12(19)17-10-6-4-5-9(11(10)18)13(14,15)16/h4-8H,1-3H3,(H,17,19). The minimum Gasteiger partial charge on any atom is -0.355 e. The first-order valence-corrected chi connectivity index (χ1v) is 6.03. The Balaban J connectivity index is 2.67. The van der Waals surface area contributed by atoms with Gasteiger partial charge in [0.1, 0.15) is 6.04 Å². The van der Waals surface area contributed by atoms with Crippen molar-refractivity contribution >= 4 is 17.3 Å². The first kappa shape index (κ1) is 13.7. The van der Waals surface area contributed by atoms with Gasteiger partial charge in [0.25, 0.3) is 0 Å². The smallest absolute Gasteiger partial charge is 0.355 e. The molecule has 0 saturated carbocycles. The van der Waals surface area contributed by atoms with E-state index in [0.29, 0.717) is 0 Å². The number of hydrogen-bond donors (Lipinski definition) is 1. The van der Waals surface area contributed by atoms with Gasteiger partial charge in [0.15, 0.2) is 0 Å². The molecule has 1 N–H and O–H groups in total. The molecule has 19 heavy (non-hydrogen) atoms. The summed E-state index contributed by atoms with van der Waals surface area (Å²) in [5.74, 6) is -0.291. The predicted molar refractivity (Wildman–Crippen MR) is 67.2 cm³/mol. The molecule has 0 aliphatic carbocycles. The quantitative estimate of drug-likeness (QED) is 0.851. The Bertz CT molecular complexity index is 511. The van der Waals surface area contributed by atoms with E-state index >= 15 is 0 Å². The van der Waals surface area contributed by atoms with E-state index in [1.807, 2.05) is 0 Å². The molecule has 1 aliphatic rings. The Morgan fingerprint density at radius 1 is 1.32 bits per heavy atom. The number of fused-ring (bicyclic) bond motifs is 1. The van der Waals surface area contributed by atoms with Crippen LogP contribution in [0.2, 0.25) is 0 Å². The van der Waals surface area contributed by atoms with Crippen molar-refractivity contribution < 1.29 is 18.0 Å². The summed E-state index contributed by atoms with van der Waals surface area (Å²) < 4.78 is 39.3. The molecule has 6 heteroatoms. The fourth-order valence-corrected chi connectivity index (χ4v) is 2.41. The lowest BCUT2D eigenvalue weighted by Gasteiger charge is -2.40. The van der Waals surface area contributed by atoms with Crippen molar-refractivity contribution in [2.24, 2.45) is 0 Å². The fraction of sp³-hybridized carbons (Fsp3) is 0.462. The molecule has 3 nitrogen and oxygen atoms in total. The molecule has 1 aliphatic heterocycles. The number of hydrogen-bond acceptors (Lipinski definition) is 2. The van der Waals surface area contributed by atoms with E-state index in [2.05, 4.69) is 5.32 Å². The van der Waals surface area contributed by atoms with Gasteiger partial charge in [-0.25, -0.2) is 0 Å². The highest BCUT2D eigenvalue weighted by molar-refractivity contribution is 6.04. The third-order valence-electron chi connectivity index (χ3n) is 3.21. The molecule has 1 aromatic carbocycles. The van der Waals surface area contributed by atoms with Gasteiger partial charge in [0.05, 0.1) is 16.9 Å². The maximum absolute atomic E-state index is 13.1. The zero-order valence-electron chi connectivity index (χ0n) is 10.9. The van der Waals surface area contributed by atoms with Crippen molar-refractivity contribution in [3.05, 3.63) is 23.8 Å². The first-order valence-electron chi connectivity index (χ1n) is 6.03. The summed E-state index contributed by atoms with van der Waals surface area (Å²) in [4.78, 5) is 13.3. The molecule has 0 bridgehead atoms. The summed E-state index contributed by atoms with van der Waals surface area (Å²) in [5, 5.41) is 2.53. The number of carbonyl (C=O) groups is 1. The second kappa shape index (κ2) is 4.43. The summed E-state index contributed by atoms with van der Waals surface area (Å²) in [6.45, 7) is 5.14. The maximum Gasteiger partial charge on any atom is 0.418 e. The SMILES string of the molecule is CC(C)N1c2c(cccc2C(F)(F)F)NC(=O)C1C. The lowest BCUT2D eigenvalue weighted by atomic mass is 10.0. The van der Waals surface area contributed by atoms with Gasteiger partial charge >= 0.3 is 6.18 Å². The number of para-hydroxylation sites is 1. The number of carbonyl (C=O) groups excluding carboxylic acids is 1. The number of benzene rings is 1. The van der Waals surface area contributed by atoms with Crippen LogP contribution in [0.3, 0.4) is 0 Å². The van der Waals surface area contributed by atoms with Crippen molar-refractivity contribution in [3.63, 3.8) is 0 Å². The lowest BCUT2D eigenvalue weighted by molar-refractivity contribution is -0.137. The summed E-state index contributed by atoms with van der Waals surface area (Å²) >= 11 is 0. The van der Waals surface area contributed by atoms with Crippen LogP contribution in [-0.2, 0) is 11.0 Å². The molecule has 1 heterocycles. The lowest BCUT2D eigenvalue weighted by Crippen LogP contribution is -2.50. The molecule has 0 fully saturated rings. The normalized spacial score (nSPS) is 19.4. The van der Waals surface area contributed by atoms with Gasteiger partial charge in [-0.2, -0.15) is 13.2 Å². The zero-order chi connectivity index (χ0) is 14.4. The van der Waals surface area contributed by atoms with E-state index in [4.69, 9.17) is 0 Å². The number of rotatable bonds is 1. The maximum atomic E-state index is 13.1.